The number of rotatable bonds is 3. The molecular weight excluding hydrogens is 372 g/mol. The predicted molar refractivity (Wildman–Crippen MR) is 84.4 cm³/mol. The maximum atomic E-state index is 12.2. The van der Waals surface area contributed by atoms with Crippen LogP contribution >= 0.6 is 15.9 Å². The van der Waals surface area contributed by atoms with Gasteiger partial charge in [0.15, 0.2) is 5.82 Å². The van der Waals surface area contributed by atoms with Gasteiger partial charge in [0.2, 0.25) is 15.9 Å². The summed E-state index contributed by atoms with van der Waals surface area (Å²) in [4.78, 5) is 16.3. The number of anilines is 1. The van der Waals surface area contributed by atoms with Crippen LogP contribution in [-0.2, 0) is 14.8 Å². The number of aromatic nitrogens is 1. The van der Waals surface area contributed by atoms with Crippen molar-refractivity contribution in [2.45, 2.75) is 12.8 Å². The molecule has 0 radical (unpaired) electrons. The molecule has 9 heteroatoms. The monoisotopic (exact) mass is 386 g/mol. The van der Waals surface area contributed by atoms with Crippen LogP contribution in [0.2, 0.25) is 0 Å². The average molecular weight is 387 g/mol. The van der Waals surface area contributed by atoms with Gasteiger partial charge >= 0.3 is 0 Å². The molecule has 0 aliphatic carbocycles. The molecular formula is C13H15BrN4O3S. The highest BCUT2D eigenvalue weighted by Gasteiger charge is 2.29. The lowest BCUT2D eigenvalue weighted by Crippen LogP contribution is -2.41. The van der Waals surface area contributed by atoms with Gasteiger partial charge in [-0.15, -0.1) is 0 Å². The third-order valence-corrected chi connectivity index (χ3v) is 5.25. The first-order valence-electron chi connectivity index (χ1n) is 6.63. The molecule has 1 amide bonds. The van der Waals surface area contributed by atoms with E-state index in [4.69, 9.17) is 5.26 Å². The van der Waals surface area contributed by atoms with Crippen LogP contribution in [-0.4, -0.2) is 43.0 Å². The molecule has 1 aliphatic rings. The third kappa shape index (κ3) is 4.03. The molecule has 1 aliphatic heterocycles. The Morgan fingerprint density at radius 2 is 2.14 bits per heavy atom. The molecule has 1 aromatic heterocycles. The highest BCUT2D eigenvalue weighted by atomic mass is 79.9. The number of hydrogen-bond donors (Lipinski definition) is 1. The van der Waals surface area contributed by atoms with Gasteiger partial charge in [0, 0.05) is 29.7 Å². The summed E-state index contributed by atoms with van der Waals surface area (Å²) in [7, 11) is -3.21. The second-order valence-electron chi connectivity index (χ2n) is 5.09. The molecule has 0 aromatic carbocycles. The van der Waals surface area contributed by atoms with Crippen LogP contribution in [0.25, 0.3) is 0 Å². The number of halogens is 1. The van der Waals surface area contributed by atoms with Crippen LogP contribution in [0.3, 0.4) is 0 Å². The molecule has 1 saturated heterocycles. The predicted octanol–water partition coefficient (Wildman–Crippen LogP) is 1.33. The Bertz CT molecular complexity index is 721. The summed E-state index contributed by atoms with van der Waals surface area (Å²) in [5.74, 6) is -0.296. The summed E-state index contributed by atoms with van der Waals surface area (Å²) in [5.41, 5.74) is 0.274. The minimum atomic E-state index is -3.21. The van der Waals surface area contributed by atoms with Gasteiger partial charge in [-0.1, -0.05) is 0 Å². The van der Waals surface area contributed by atoms with Crippen molar-refractivity contribution in [2.24, 2.45) is 5.92 Å². The van der Waals surface area contributed by atoms with Crippen molar-refractivity contribution in [1.82, 2.24) is 9.29 Å². The van der Waals surface area contributed by atoms with Crippen LogP contribution in [0.15, 0.2) is 16.7 Å². The van der Waals surface area contributed by atoms with Gasteiger partial charge in [-0.25, -0.2) is 17.7 Å². The topological polar surface area (TPSA) is 103 Å². The first kappa shape index (κ1) is 16.9. The van der Waals surface area contributed by atoms with Gasteiger partial charge in [0.25, 0.3) is 0 Å². The van der Waals surface area contributed by atoms with Gasteiger partial charge in [-0.2, -0.15) is 5.26 Å². The summed E-state index contributed by atoms with van der Waals surface area (Å²) in [6, 6.07) is 3.56. The van der Waals surface area contributed by atoms with E-state index in [1.54, 1.807) is 6.07 Å². The molecule has 2 rings (SSSR count). The zero-order chi connectivity index (χ0) is 16.3. The Morgan fingerprint density at radius 1 is 1.50 bits per heavy atom. The number of amides is 1. The fourth-order valence-corrected chi connectivity index (χ4v) is 3.50. The highest BCUT2D eigenvalue weighted by molar-refractivity contribution is 9.10. The van der Waals surface area contributed by atoms with E-state index >= 15 is 0 Å². The Morgan fingerprint density at radius 3 is 2.68 bits per heavy atom. The number of sulfonamides is 1. The standard InChI is InChI=1S/C13H15BrN4O3S/c1-22(20,21)18-4-2-9(3-5-18)13(19)17-12-10(7-15)6-11(14)8-16-12/h6,8-9H,2-5H2,1H3,(H,16,17,19). The summed E-state index contributed by atoms with van der Waals surface area (Å²) in [6.07, 6.45) is 3.58. The number of carbonyl (C=O) groups excluding carboxylic acids is 1. The van der Waals surface area contributed by atoms with Gasteiger partial charge in [-0.3, -0.25) is 4.79 Å². The fraction of sp³-hybridized carbons (Fsp3) is 0.462. The van der Waals surface area contributed by atoms with E-state index in [-0.39, 0.29) is 23.2 Å². The molecule has 0 saturated carbocycles. The van der Waals surface area contributed by atoms with Gasteiger partial charge < -0.3 is 5.32 Å². The number of nitrogens with zero attached hydrogens (tertiary/aromatic N) is 3. The molecule has 1 N–H and O–H groups in total. The van der Waals surface area contributed by atoms with Crippen molar-refractivity contribution in [3.05, 3.63) is 22.3 Å². The molecule has 0 bridgehead atoms. The molecule has 7 nitrogen and oxygen atoms in total. The van der Waals surface area contributed by atoms with Crippen LogP contribution in [0.1, 0.15) is 18.4 Å². The Kier molecular flexibility index (Phi) is 5.16. The normalized spacial score (nSPS) is 17.0. The first-order valence-corrected chi connectivity index (χ1v) is 9.27. The maximum absolute atomic E-state index is 12.2. The summed E-state index contributed by atoms with van der Waals surface area (Å²) in [6.45, 7) is 0.658. The van der Waals surface area contributed by atoms with Crippen molar-refractivity contribution in [2.75, 3.05) is 24.7 Å². The SMILES string of the molecule is CS(=O)(=O)N1CCC(C(=O)Nc2ncc(Br)cc2C#N)CC1. The average Bonchev–Trinajstić information content (AvgIpc) is 2.48. The summed E-state index contributed by atoms with van der Waals surface area (Å²) >= 11 is 3.22. The maximum Gasteiger partial charge on any atom is 0.228 e. The van der Waals surface area contributed by atoms with Crippen molar-refractivity contribution in [1.29, 1.82) is 5.26 Å². The van der Waals surface area contributed by atoms with Crippen molar-refractivity contribution >= 4 is 37.7 Å². The molecule has 2 heterocycles. The molecule has 118 valence electrons. The molecule has 0 unspecified atom stereocenters. The fourth-order valence-electron chi connectivity index (χ4n) is 2.29. The number of nitrogens with one attached hydrogen (secondary N) is 1. The minimum Gasteiger partial charge on any atom is -0.309 e. The number of piperidine rings is 1. The van der Waals surface area contributed by atoms with E-state index < -0.39 is 10.0 Å². The lowest BCUT2D eigenvalue weighted by molar-refractivity contribution is -0.120. The van der Waals surface area contributed by atoms with E-state index in [1.807, 2.05) is 6.07 Å². The largest absolute Gasteiger partial charge is 0.309 e. The van der Waals surface area contributed by atoms with E-state index in [1.165, 1.54) is 16.8 Å². The molecule has 22 heavy (non-hydrogen) atoms. The second-order valence-corrected chi connectivity index (χ2v) is 7.99. The van der Waals surface area contributed by atoms with E-state index in [9.17, 15) is 13.2 Å². The summed E-state index contributed by atoms with van der Waals surface area (Å²) < 4.78 is 24.9. The van der Waals surface area contributed by atoms with Crippen LogP contribution < -0.4 is 5.32 Å². The lowest BCUT2D eigenvalue weighted by atomic mass is 9.97. The van der Waals surface area contributed by atoms with Crippen molar-refractivity contribution in [3.63, 3.8) is 0 Å². The van der Waals surface area contributed by atoms with Crippen LogP contribution in [0.4, 0.5) is 5.82 Å². The van der Waals surface area contributed by atoms with Crippen LogP contribution in [0, 0.1) is 17.2 Å². The van der Waals surface area contributed by atoms with Gasteiger partial charge in [-0.05, 0) is 34.8 Å². The quantitative estimate of drug-likeness (QED) is 0.843. The van der Waals surface area contributed by atoms with Crippen LogP contribution in [0.5, 0.6) is 0 Å². The first-order chi connectivity index (χ1) is 10.3. The zero-order valence-corrected chi connectivity index (χ0v) is 14.3. The smallest absolute Gasteiger partial charge is 0.228 e. The molecule has 1 fully saturated rings. The Balaban J connectivity index is 2.02. The molecule has 1 aromatic rings. The number of pyridine rings is 1. The lowest BCUT2D eigenvalue weighted by Gasteiger charge is -2.29. The number of nitriles is 1. The van der Waals surface area contributed by atoms with Gasteiger partial charge in [0.05, 0.1) is 11.8 Å². The minimum absolute atomic E-state index is 0.223. The second kappa shape index (κ2) is 6.73. The third-order valence-electron chi connectivity index (χ3n) is 3.51. The van der Waals surface area contributed by atoms with Crippen molar-refractivity contribution in [3.8, 4) is 6.07 Å². The van der Waals surface area contributed by atoms with Gasteiger partial charge in [0.1, 0.15) is 6.07 Å². The zero-order valence-electron chi connectivity index (χ0n) is 11.9. The molecule has 0 spiro atoms. The van der Waals surface area contributed by atoms with E-state index in [0.717, 1.165) is 0 Å². The van der Waals surface area contributed by atoms with E-state index in [0.29, 0.717) is 30.4 Å². The van der Waals surface area contributed by atoms with E-state index in [2.05, 4.69) is 26.2 Å². The number of carbonyl (C=O) groups is 1. The Hall–Kier alpha value is -1.50. The summed E-state index contributed by atoms with van der Waals surface area (Å²) in [5, 5.41) is 11.7. The Labute approximate surface area is 137 Å². The molecule has 0 atom stereocenters. The highest BCUT2D eigenvalue weighted by Crippen LogP contribution is 2.22. The number of hydrogen-bond acceptors (Lipinski definition) is 5. The van der Waals surface area contributed by atoms with Crippen molar-refractivity contribution < 1.29 is 13.2 Å².